The monoisotopic (exact) mass is 296 g/mol. The normalized spacial score (nSPS) is 25.6. The highest BCUT2D eigenvalue weighted by molar-refractivity contribution is 9.10. The molecule has 0 amide bonds. The van der Waals surface area contributed by atoms with Gasteiger partial charge in [-0.2, -0.15) is 0 Å². The third-order valence-electron chi connectivity index (χ3n) is 2.97. The van der Waals surface area contributed by atoms with Gasteiger partial charge in [0.15, 0.2) is 0 Å². The minimum Gasteiger partial charge on any atom is -0.101 e. The average molecular weight is 298 g/mol. The smallest absolute Gasteiger partial charge is 0.101 e. The molecule has 2 rings (SSSR count). The number of allylic oxidation sites excluding steroid dienone is 4. The van der Waals surface area contributed by atoms with Crippen molar-refractivity contribution in [2.75, 3.05) is 0 Å². The summed E-state index contributed by atoms with van der Waals surface area (Å²) in [4.78, 5) is 0. The van der Waals surface area contributed by atoms with Gasteiger partial charge in [-0.3, -0.25) is 0 Å². The van der Waals surface area contributed by atoms with Gasteiger partial charge < -0.3 is 0 Å². The molecule has 0 heterocycles. The lowest BCUT2D eigenvalue weighted by atomic mass is 9.89. The number of halogens is 2. The average Bonchev–Trinajstić information content (AvgIpc) is 2.24. The largest absolute Gasteiger partial charge is 0.124 e. The number of rotatable bonds is 1. The molecule has 0 bridgehead atoms. The van der Waals surface area contributed by atoms with E-state index in [2.05, 4.69) is 60.1 Å². The maximum Gasteiger partial charge on any atom is 0.124 e. The summed E-state index contributed by atoms with van der Waals surface area (Å²) < 4.78 is -0.393. The molecular formula is C14H14BrCl. The van der Waals surface area contributed by atoms with E-state index in [1.54, 1.807) is 0 Å². The molecule has 0 radical (unpaired) electrons. The molecule has 1 atom stereocenters. The lowest BCUT2D eigenvalue weighted by Gasteiger charge is -2.28. The van der Waals surface area contributed by atoms with E-state index in [1.807, 2.05) is 6.07 Å². The Labute approximate surface area is 110 Å². The van der Waals surface area contributed by atoms with E-state index in [0.29, 0.717) is 0 Å². The SMILES string of the molecule is CC1=CC(c2ccccc2)=C(C)CC1(Cl)Br. The highest BCUT2D eigenvalue weighted by Gasteiger charge is 2.30. The van der Waals surface area contributed by atoms with Crippen LogP contribution in [0.2, 0.25) is 0 Å². The fourth-order valence-electron chi connectivity index (χ4n) is 1.96. The summed E-state index contributed by atoms with van der Waals surface area (Å²) in [5.41, 5.74) is 5.05. The van der Waals surface area contributed by atoms with E-state index in [0.717, 1.165) is 6.42 Å². The van der Waals surface area contributed by atoms with Crippen molar-refractivity contribution >= 4 is 33.1 Å². The molecule has 1 unspecified atom stereocenters. The second kappa shape index (κ2) is 4.38. The molecule has 0 spiro atoms. The van der Waals surface area contributed by atoms with Gasteiger partial charge in [0.2, 0.25) is 0 Å². The molecule has 1 aliphatic carbocycles. The van der Waals surface area contributed by atoms with Crippen molar-refractivity contribution in [3.63, 3.8) is 0 Å². The van der Waals surface area contributed by atoms with Gasteiger partial charge in [-0.05, 0) is 30.6 Å². The Morgan fingerprint density at radius 1 is 1.19 bits per heavy atom. The maximum absolute atomic E-state index is 6.38. The van der Waals surface area contributed by atoms with Crippen LogP contribution in [0, 0.1) is 0 Å². The zero-order valence-electron chi connectivity index (χ0n) is 9.43. The molecule has 0 nitrogen and oxygen atoms in total. The fraction of sp³-hybridized carbons (Fsp3) is 0.286. The predicted octanol–water partition coefficient (Wildman–Crippen LogP) is 5.14. The standard InChI is InChI=1S/C14H14BrCl/c1-10-9-14(15,16)11(2)8-13(10)12-6-4-3-5-7-12/h3-8H,9H2,1-2H3. The summed E-state index contributed by atoms with van der Waals surface area (Å²) in [5, 5.41) is 0. The summed E-state index contributed by atoms with van der Waals surface area (Å²) in [6.07, 6.45) is 3.02. The summed E-state index contributed by atoms with van der Waals surface area (Å²) in [6, 6.07) is 10.4. The van der Waals surface area contributed by atoms with Crippen molar-refractivity contribution < 1.29 is 0 Å². The van der Waals surface area contributed by atoms with Crippen LogP contribution in [-0.2, 0) is 0 Å². The van der Waals surface area contributed by atoms with Gasteiger partial charge >= 0.3 is 0 Å². The molecular weight excluding hydrogens is 284 g/mol. The Morgan fingerprint density at radius 2 is 1.81 bits per heavy atom. The summed E-state index contributed by atoms with van der Waals surface area (Å²) in [6.45, 7) is 4.21. The van der Waals surface area contributed by atoms with Crippen LogP contribution in [0.3, 0.4) is 0 Å². The molecule has 0 aliphatic heterocycles. The lowest BCUT2D eigenvalue weighted by molar-refractivity contribution is 0.879. The molecule has 84 valence electrons. The second-order valence-electron chi connectivity index (χ2n) is 4.27. The van der Waals surface area contributed by atoms with Crippen molar-refractivity contribution in [1.29, 1.82) is 0 Å². The Kier molecular flexibility index (Phi) is 3.27. The van der Waals surface area contributed by atoms with E-state index in [-0.39, 0.29) is 0 Å². The molecule has 1 aromatic carbocycles. The summed E-state index contributed by atoms with van der Waals surface area (Å²) >= 11 is 9.95. The zero-order chi connectivity index (χ0) is 11.8. The first-order valence-corrected chi connectivity index (χ1v) is 6.49. The number of hydrogen-bond acceptors (Lipinski definition) is 0. The lowest BCUT2D eigenvalue weighted by Crippen LogP contribution is -2.18. The molecule has 0 aromatic heterocycles. The third kappa shape index (κ3) is 2.26. The van der Waals surface area contributed by atoms with Gasteiger partial charge in [0.1, 0.15) is 3.78 Å². The number of alkyl halides is 2. The van der Waals surface area contributed by atoms with Gasteiger partial charge in [-0.15, -0.1) is 11.6 Å². The van der Waals surface area contributed by atoms with Crippen LogP contribution in [-0.4, -0.2) is 3.78 Å². The van der Waals surface area contributed by atoms with Crippen LogP contribution >= 0.6 is 27.5 Å². The van der Waals surface area contributed by atoms with E-state index in [1.165, 1.54) is 22.3 Å². The van der Waals surface area contributed by atoms with Gasteiger partial charge in [0.05, 0.1) is 0 Å². The highest BCUT2D eigenvalue weighted by Crippen LogP contribution is 2.44. The van der Waals surface area contributed by atoms with Crippen LogP contribution in [0.5, 0.6) is 0 Å². The highest BCUT2D eigenvalue weighted by atomic mass is 79.9. The minimum atomic E-state index is -0.393. The van der Waals surface area contributed by atoms with Crippen molar-refractivity contribution in [2.24, 2.45) is 0 Å². The van der Waals surface area contributed by atoms with Crippen molar-refractivity contribution in [3.8, 4) is 0 Å². The number of benzene rings is 1. The van der Waals surface area contributed by atoms with E-state index in [9.17, 15) is 0 Å². The Bertz CT molecular complexity index is 455. The van der Waals surface area contributed by atoms with Crippen molar-refractivity contribution in [2.45, 2.75) is 24.1 Å². The number of hydrogen-bond donors (Lipinski definition) is 0. The fourth-order valence-corrected chi connectivity index (χ4v) is 2.75. The van der Waals surface area contributed by atoms with E-state index < -0.39 is 3.78 Å². The summed E-state index contributed by atoms with van der Waals surface area (Å²) in [7, 11) is 0. The van der Waals surface area contributed by atoms with Crippen molar-refractivity contribution in [1.82, 2.24) is 0 Å². The van der Waals surface area contributed by atoms with Crippen LogP contribution in [0.15, 0.2) is 47.6 Å². The van der Waals surface area contributed by atoms with Crippen LogP contribution in [0.25, 0.3) is 5.57 Å². The summed E-state index contributed by atoms with van der Waals surface area (Å²) in [5.74, 6) is 0. The molecule has 1 aliphatic rings. The molecule has 0 N–H and O–H groups in total. The van der Waals surface area contributed by atoms with Gasteiger partial charge in [-0.25, -0.2) is 0 Å². The Balaban J connectivity index is 2.45. The first-order chi connectivity index (χ1) is 7.50. The van der Waals surface area contributed by atoms with Crippen LogP contribution < -0.4 is 0 Å². The van der Waals surface area contributed by atoms with Crippen LogP contribution in [0.1, 0.15) is 25.8 Å². The third-order valence-corrected chi connectivity index (χ3v) is 4.31. The molecule has 0 saturated carbocycles. The predicted molar refractivity (Wildman–Crippen MR) is 74.9 cm³/mol. The minimum absolute atomic E-state index is 0.393. The van der Waals surface area contributed by atoms with Gasteiger partial charge in [0.25, 0.3) is 0 Å². The van der Waals surface area contributed by atoms with E-state index >= 15 is 0 Å². The first-order valence-electron chi connectivity index (χ1n) is 5.32. The Morgan fingerprint density at radius 3 is 2.44 bits per heavy atom. The first kappa shape index (κ1) is 11.9. The molecule has 0 fully saturated rings. The molecule has 1 aromatic rings. The van der Waals surface area contributed by atoms with E-state index in [4.69, 9.17) is 11.6 Å². The molecule has 16 heavy (non-hydrogen) atoms. The second-order valence-corrected chi connectivity index (χ2v) is 6.72. The van der Waals surface area contributed by atoms with Crippen LogP contribution in [0.4, 0.5) is 0 Å². The van der Waals surface area contributed by atoms with Gasteiger partial charge in [-0.1, -0.05) is 57.9 Å². The Hall–Kier alpha value is -0.530. The topological polar surface area (TPSA) is 0 Å². The zero-order valence-corrected chi connectivity index (χ0v) is 11.8. The van der Waals surface area contributed by atoms with Gasteiger partial charge in [0, 0.05) is 6.42 Å². The van der Waals surface area contributed by atoms with Crippen molar-refractivity contribution in [3.05, 3.63) is 53.1 Å². The quantitative estimate of drug-likeness (QED) is 0.630. The molecule has 0 saturated heterocycles. The maximum atomic E-state index is 6.38. The molecule has 2 heteroatoms.